The second-order valence-electron chi connectivity index (χ2n) is 4.71. The van der Waals surface area contributed by atoms with Crippen LogP contribution in [0.2, 0.25) is 0 Å². The van der Waals surface area contributed by atoms with Crippen molar-refractivity contribution in [1.29, 1.82) is 5.26 Å². The maximum atomic E-state index is 11.9. The Morgan fingerprint density at radius 1 is 1.56 bits per heavy atom. The van der Waals surface area contributed by atoms with E-state index in [0.29, 0.717) is 6.54 Å². The Balaban J connectivity index is 2.52. The van der Waals surface area contributed by atoms with Crippen molar-refractivity contribution in [1.82, 2.24) is 9.80 Å². The second-order valence-corrected chi connectivity index (χ2v) is 4.71. The third-order valence-corrected chi connectivity index (χ3v) is 3.27. The van der Waals surface area contributed by atoms with Crippen molar-refractivity contribution in [2.75, 3.05) is 20.1 Å². The Morgan fingerprint density at radius 3 is 2.81 bits per heavy atom. The summed E-state index contributed by atoms with van der Waals surface area (Å²) in [6.07, 6.45) is 3.09. The number of nitriles is 1. The topological polar surface area (TPSA) is 47.3 Å². The van der Waals surface area contributed by atoms with Crippen LogP contribution in [0.5, 0.6) is 0 Å². The average Bonchev–Trinajstić information content (AvgIpc) is 2.28. The molecule has 0 aromatic carbocycles. The van der Waals surface area contributed by atoms with E-state index < -0.39 is 0 Å². The molecule has 90 valence electrons. The fraction of sp³-hybridized carbons (Fsp3) is 0.833. The molecule has 16 heavy (non-hydrogen) atoms. The molecule has 0 aromatic rings. The van der Waals surface area contributed by atoms with Gasteiger partial charge >= 0.3 is 0 Å². The first kappa shape index (κ1) is 13.0. The summed E-state index contributed by atoms with van der Waals surface area (Å²) in [7, 11) is 1.82. The van der Waals surface area contributed by atoms with Gasteiger partial charge in [0.05, 0.1) is 18.7 Å². The molecule has 0 radical (unpaired) electrons. The maximum absolute atomic E-state index is 11.9. The number of nitrogens with zero attached hydrogens (tertiary/aromatic N) is 3. The van der Waals surface area contributed by atoms with Crippen LogP contribution in [0.4, 0.5) is 0 Å². The minimum Gasteiger partial charge on any atom is -0.342 e. The average molecular weight is 223 g/mol. The summed E-state index contributed by atoms with van der Waals surface area (Å²) in [4.78, 5) is 15.6. The molecule has 1 saturated heterocycles. The first-order valence-electron chi connectivity index (χ1n) is 5.95. The van der Waals surface area contributed by atoms with Gasteiger partial charge in [-0.2, -0.15) is 5.26 Å². The minimum absolute atomic E-state index is 0.0711. The van der Waals surface area contributed by atoms with E-state index in [1.54, 1.807) is 4.90 Å². The van der Waals surface area contributed by atoms with Crippen LogP contribution in [0.25, 0.3) is 0 Å². The van der Waals surface area contributed by atoms with Crippen LogP contribution in [0.15, 0.2) is 0 Å². The van der Waals surface area contributed by atoms with Gasteiger partial charge in [0.1, 0.15) is 0 Å². The summed E-state index contributed by atoms with van der Waals surface area (Å²) in [5.74, 6) is 0.108. The molecule has 0 saturated carbocycles. The number of likely N-dealkylation sites (N-methyl/N-ethyl adjacent to an activating group) is 1. The second kappa shape index (κ2) is 5.86. The van der Waals surface area contributed by atoms with Crippen LogP contribution in [0.3, 0.4) is 0 Å². The first-order valence-corrected chi connectivity index (χ1v) is 5.95. The van der Waals surface area contributed by atoms with Crippen LogP contribution in [0, 0.1) is 11.3 Å². The van der Waals surface area contributed by atoms with Gasteiger partial charge < -0.3 is 4.90 Å². The molecule has 0 aromatic heterocycles. The number of rotatable bonds is 3. The molecule has 4 nitrogen and oxygen atoms in total. The zero-order chi connectivity index (χ0) is 12.1. The smallest absolute Gasteiger partial charge is 0.236 e. The van der Waals surface area contributed by atoms with E-state index >= 15 is 0 Å². The van der Waals surface area contributed by atoms with Crippen LogP contribution in [0.1, 0.15) is 33.1 Å². The highest BCUT2D eigenvalue weighted by Crippen LogP contribution is 2.16. The van der Waals surface area contributed by atoms with Crippen molar-refractivity contribution in [3.63, 3.8) is 0 Å². The van der Waals surface area contributed by atoms with E-state index in [4.69, 9.17) is 5.26 Å². The molecule has 1 amide bonds. The summed E-state index contributed by atoms with van der Waals surface area (Å²) >= 11 is 0. The fourth-order valence-corrected chi connectivity index (χ4v) is 1.90. The Morgan fingerprint density at radius 2 is 2.25 bits per heavy atom. The van der Waals surface area contributed by atoms with Gasteiger partial charge in [0.2, 0.25) is 5.91 Å². The van der Waals surface area contributed by atoms with Gasteiger partial charge in [-0.1, -0.05) is 0 Å². The molecule has 1 aliphatic heterocycles. The summed E-state index contributed by atoms with van der Waals surface area (Å²) < 4.78 is 0. The quantitative estimate of drug-likeness (QED) is 0.723. The van der Waals surface area contributed by atoms with Crippen LogP contribution in [-0.2, 0) is 4.79 Å². The molecule has 1 rings (SSSR count). The Hall–Kier alpha value is -1.08. The summed E-state index contributed by atoms with van der Waals surface area (Å²) in [6, 6.07) is 2.43. The predicted molar refractivity (Wildman–Crippen MR) is 62.7 cm³/mol. The molecule has 4 heteroatoms. The van der Waals surface area contributed by atoms with Gasteiger partial charge in [0, 0.05) is 13.1 Å². The molecule has 1 unspecified atom stereocenters. The number of piperidine rings is 1. The lowest BCUT2D eigenvalue weighted by molar-refractivity contribution is -0.133. The van der Waals surface area contributed by atoms with Crippen molar-refractivity contribution in [3.05, 3.63) is 0 Å². The minimum atomic E-state index is -0.0711. The highest BCUT2D eigenvalue weighted by atomic mass is 16.2. The Bertz CT molecular complexity index is 282. The monoisotopic (exact) mass is 223 g/mol. The van der Waals surface area contributed by atoms with Gasteiger partial charge in [0.15, 0.2) is 0 Å². The van der Waals surface area contributed by atoms with Gasteiger partial charge in [-0.25, -0.2) is 0 Å². The van der Waals surface area contributed by atoms with Crippen LogP contribution >= 0.6 is 0 Å². The van der Waals surface area contributed by atoms with E-state index in [9.17, 15) is 4.79 Å². The highest BCUT2D eigenvalue weighted by Gasteiger charge is 2.25. The lowest BCUT2D eigenvalue weighted by Gasteiger charge is -2.32. The molecular weight excluding hydrogens is 202 g/mol. The maximum Gasteiger partial charge on any atom is 0.236 e. The molecule has 0 bridgehead atoms. The zero-order valence-corrected chi connectivity index (χ0v) is 10.4. The van der Waals surface area contributed by atoms with Gasteiger partial charge in [0.25, 0.3) is 0 Å². The molecule has 1 aliphatic rings. The predicted octanol–water partition coefficient (Wildman–Crippen LogP) is 1.23. The number of hydrogen-bond acceptors (Lipinski definition) is 3. The Labute approximate surface area is 97.8 Å². The van der Waals surface area contributed by atoms with Gasteiger partial charge in [-0.3, -0.25) is 9.69 Å². The first-order chi connectivity index (χ1) is 7.56. The lowest BCUT2D eigenvalue weighted by atomic mass is 10.0. The molecule has 0 N–H and O–H groups in total. The van der Waals surface area contributed by atoms with E-state index in [1.807, 2.05) is 25.8 Å². The molecule has 1 heterocycles. The van der Waals surface area contributed by atoms with Gasteiger partial charge in [-0.15, -0.1) is 0 Å². The Kier molecular flexibility index (Phi) is 4.75. The van der Waals surface area contributed by atoms with E-state index in [0.717, 1.165) is 25.8 Å². The van der Waals surface area contributed by atoms with Crippen LogP contribution in [-0.4, -0.2) is 47.9 Å². The fourth-order valence-electron chi connectivity index (χ4n) is 1.90. The number of hydrogen-bond donors (Lipinski definition) is 0. The lowest BCUT2D eigenvalue weighted by Crippen LogP contribution is -2.46. The largest absolute Gasteiger partial charge is 0.342 e. The zero-order valence-electron chi connectivity index (χ0n) is 10.4. The summed E-state index contributed by atoms with van der Waals surface area (Å²) in [6.45, 7) is 5.24. The van der Waals surface area contributed by atoms with Crippen molar-refractivity contribution in [2.45, 2.75) is 45.2 Å². The molecule has 1 fully saturated rings. The number of amides is 1. The van der Waals surface area contributed by atoms with Crippen molar-refractivity contribution in [2.24, 2.45) is 0 Å². The van der Waals surface area contributed by atoms with E-state index in [-0.39, 0.29) is 18.0 Å². The molecule has 1 atom stereocenters. The number of carbonyl (C=O) groups is 1. The highest BCUT2D eigenvalue weighted by molar-refractivity contribution is 5.78. The van der Waals surface area contributed by atoms with Crippen molar-refractivity contribution >= 4 is 5.91 Å². The van der Waals surface area contributed by atoms with Gasteiger partial charge in [-0.05, 0) is 39.7 Å². The number of likely N-dealkylation sites (tertiary alicyclic amines) is 1. The third kappa shape index (κ3) is 3.21. The SMILES string of the molecule is CC(C)N(C)C(=O)CN1CCCCC1C#N. The molecule has 0 spiro atoms. The van der Waals surface area contributed by atoms with Crippen molar-refractivity contribution in [3.8, 4) is 6.07 Å². The standard InChI is InChI=1S/C12H21N3O/c1-10(2)14(3)12(16)9-15-7-5-4-6-11(15)8-13/h10-11H,4-7,9H2,1-3H3. The van der Waals surface area contributed by atoms with E-state index in [2.05, 4.69) is 6.07 Å². The summed E-state index contributed by atoms with van der Waals surface area (Å²) in [5.41, 5.74) is 0. The third-order valence-electron chi connectivity index (χ3n) is 3.27. The normalized spacial score (nSPS) is 21.8. The number of carbonyl (C=O) groups excluding carboxylic acids is 1. The van der Waals surface area contributed by atoms with E-state index in [1.165, 1.54) is 0 Å². The van der Waals surface area contributed by atoms with Crippen molar-refractivity contribution < 1.29 is 4.79 Å². The summed E-state index contributed by atoms with van der Waals surface area (Å²) in [5, 5.41) is 9.01. The molecule has 0 aliphatic carbocycles. The van der Waals surface area contributed by atoms with Crippen LogP contribution < -0.4 is 0 Å². The molecular formula is C12H21N3O.